The number of nitrogens with zero attached hydrogens (tertiary/aromatic N) is 1. The number of rotatable bonds is 3. The molecule has 0 bridgehead atoms. The molecule has 0 aliphatic carbocycles. The lowest BCUT2D eigenvalue weighted by Crippen LogP contribution is -2.35. The zero-order valence-electron chi connectivity index (χ0n) is 10.3. The molecule has 0 aromatic rings. The minimum atomic E-state index is 0.372. The number of hydrogen-bond acceptors (Lipinski definition) is 3. The molecule has 16 heavy (non-hydrogen) atoms. The van der Waals surface area contributed by atoms with Crippen molar-refractivity contribution in [1.82, 2.24) is 10.4 Å². The number of nitrogens with one attached hydrogen (secondary N) is 1. The first-order chi connectivity index (χ1) is 7.85. The van der Waals surface area contributed by atoms with Crippen molar-refractivity contribution in [3.63, 3.8) is 0 Å². The Morgan fingerprint density at radius 2 is 2.25 bits per heavy atom. The molecular weight excluding hydrogens is 200 g/mol. The summed E-state index contributed by atoms with van der Waals surface area (Å²) in [5.41, 5.74) is 1.29. The third-order valence-electron chi connectivity index (χ3n) is 3.37. The highest BCUT2D eigenvalue weighted by molar-refractivity contribution is 5.18. The summed E-state index contributed by atoms with van der Waals surface area (Å²) >= 11 is 0. The first-order valence-corrected chi connectivity index (χ1v) is 6.36. The van der Waals surface area contributed by atoms with E-state index in [1.807, 2.05) is 5.06 Å². The smallest absolute Gasteiger partial charge is 0.0885 e. The van der Waals surface area contributed by atoms with Gasteiger partial charge in [0.15, 0.2) is 0 Å². The monoisotopic (exact) mass is 222 g/mol. The van der Waals surface area contributed by atoms with Crippen LogP contribution in [0.3, 0.4) is 0 Å². The van der Waals surface area contributed by atoms with Gasteiger partial charge in [-0.25, -0.2) is 5.06 Å². The molecule has 0 aromatic heterocycles. The molecule has 1 N–H and O–H groups in total. The third-order valence-corrected chi connectivity index (χ3v) is 3.37. The van der Waals surface area contributed by atoms with Crippen molar-refractivity contribution in [3.8, 4) is 0 Å². The topological polar surface area (TPSA) is 24.5 Å². The van der Waals surface area contributed by atoms with Crippen LogP contribution in [0.4, 0.5) is 0 Å². The predicted octanol–water partition coefficient (Wildman–Crippen LogP) is 2.43. The molecule has 3 nitrogen and oxygen atoms in total. The van der Waals surface area contributed by atoms with Gasteiger partial charge in [0.1, 0.15) is 0 Å². The molecule has 90 valence electrons. The summed E-state index contributed by atoms with van der Waals surface area (Å²) in [6.45, 7) is 6.45. The molecule has 1 atom stereocenters. The SMILES string of the molecule is C/C=C1\C(CC)C=CN1OC1CCNCC1. The van der Waals surface area contributed by atoms with Crippen molar-refractivity contribution in [2.45, 2.75) is 39.2 Å². The fraction of sp³-hybridized carbons (Fsp3) is 0.692. The first kappa shape index (κ1) is 11.7. The van der Waals surface area contributed by atoms with Gasteiger partial charge in [-0.2, -0.15) is 0 Å². The van der Waals surface area contributed by atoms with Crippen molar-refractivity contribution in [2.75, 3.05) is 13.1 Å². The van der Waals surface area contributed by atoms with Gasteiger partial charge in [0.05, 0.1) is 6.10 Å². The summed E-state index contributed by atoms with van der Waals surface area (Å²) in [5, 5.41) is 5.33. The Morgan fingerprint density at radius 3 is 2.88 bits per heavy atom. The van der Waals surface area contributed by atoms with Gasteiger partial charge in [-0.15, -0.1) is 0 Å². The number of allylic oxidation sites excluding steroid dienone is 2. The van der Waals surface area contributed by atoms with Crippen molar-refractivity contribution in [1.29, 1.82) is 0 Å². The molecule has 2 rings (SSSR count). The van der Waals surface area contributed by atoms with Crippen LogP contribution in [0.25, 0.3) is 0 Å². The minimum absolute atomic E-state index is 0.372. The Labute approximate surface area is 98.1 Å². The van der Waals surface area contributed by atoms with Crippen LogP contribution in [0.1, 0.15) is 33.1 Å². The fourth-order valence-corrected chi connectivity index (χ4v) is 2.37. The Bertz CT molecular complexity index is 280. The van der Waals surface area contributed by atoms with Gasteiger partial charge in [-0.05, 0) is 39.3 Å². The number of hydrogen-bond donors (Lipinski definition) is 1. The molecule has 1 unspecified atom stereocenters. The summed E-state index contributed by atoms with van der Waals surface area (Å²) < 4.78 is 0. The van der Waals surface area contributed by atoms with Gasteiger partial charge >= 0.3 is 0 Å². The molecule has 2 aliphatic rings. The average Bonchev–Trinajstić information content (AvgIpc) is 2.72. The van der Waals surface area contributed by atoms with Crippen molar-refractivity contribution in [3.05, 3.63) is 24.0 Å². The zero-order valence-corrected chi connectivity index (χ0v) is 10.3. The van der Waals surface area contributed by atoms with E-state index in [0.717, 1.165) is 32.4 Å². The van der Waals surface area contributed by atoms with Gasteiger partial charge in [0.25, 0.3) is 0 Å². The third kappa shape index (κ3) is 2.47. The number of hydroxylamine groups is 2. The molecule has 1 fully saturated rings. The molecule has 0 amide bonds. The fourth-order valence-electron chi connectivity index (χ4n) is 2.37. The van der Waals surface area contributed by atoms with Crippen LogP contribution in [0, 0.1) is 5.92 Å². The number of piperidine rings is 1. The van der Waals surface area contributed by atoms with E-state index in [0.29, 0.717) is 12.0 Å². The Kier molecular flexibility index (Phi) is 4.02. The van der Waals surface area contributed by atoms with Crippen LogP contribution >= 0.6 is 0 Å². The van der Waals surface area contributed by atoms with Crippen molar-refractivity contribution >= 4 is 0 Å². The normalized spacial score (nSPS) is 29.2. The van der Waals surface area contributed by atoms with Gasteiger partial charge in [-0.3, -0.25) is 4.84 Å². The van der Waals surface area contributed by atoms with E-state index in [1.54, 1.807) is 0 Å². The summed E-state index contributed by atoms with van der Waals surface area (Å²) in [4.78, 5) is 6.03. The molecule has 0 aromatic carbocycles. The maximum absolute atomic E-state index is 6.03. The van der Waals surface area contributed by atoms with Crippen LogP contribution in [-0.2, 0) is 4.84 Å². The lowest BCUT2D eigenvalue weighted by atomic mass is 10.1. The van der Waals surface area contributed by atoms with E-state index >= 15 is 0 Å². The van der Waals surface area contributed by atoms with Gasteiger partial charge < -0.3 is 5.32 Å². The Morgan fingerprint density at radius 1 is 1.50 bits per heavy atom. The lowest BCUT2D eigenvalue weighted by molar-refractivity contribution is -0.148. The summed E-state index contributed by atoms with van der Waals surface area (Å²) in [7, 11) is 0. The van der Waals surface area contributed by atoms with Gasteiger partial charge in [0, 0.05) is 17.8 Å². The van der Waals surface area contributed by atoms with Crippen LogP contribution in [0.15, 0.2) is 24.0 Å². The summed E-state index contributed by atoms with van der Waals surface area (Å²) in [5.74, 6) is 0.534. The summed E-state index contributed by atoms with van der Waals surface area (Å²) in [6.07, 6.45) is 10.2. The van der Waals surface area contributed by atoms with E-state index in [1.165, 1.54) is 5.70 Å². The quantitative estimate of drug-likeness (QED) is 0.793. The predicted molar refractivity (Wildman–Crippen MR) is 65.5 cm³/mol. The highest BCUT2D eigenvalue weighted by Crippen LogP contribution is 2.29. The summed E-state index contributed by atoms with van der Waals surface area (Å²) in [6, 6.07) is 0. The van der Waals surface area contributed by atoms with Crippen molar-refractivity contribution in [2.24, 2.45) is 5.92 Å². The molecular formula is C13H22N2O. The van der Waals surface area contributed by atoms with Crippen molar-refractivity contribution < 1.29 is 4.84 Å². The van der Waals surface area contributed by atoms with Crippen LogP contribution < -0.4 is 5.32 Å². The van der Waals surface area contributed by atoms with Crippen LogP contribution in [0.2, 0.25) is 0 Å². The lowest BCUT2D eigenvalue weighted by Gasteiger charge is -2.29. The van der Waals surface area contributed by atoms with Crippen LogP contribution in [-0.4, -0.2) is 24.3 Å². The second-order valence-electron chi connectivity index (χ2n) is 4.45. The second-order valence-corrected chi connectivity index (χ2v) is 4.45. The zero-order chi connectivity index (χ0) is 11.4. The van der Waals surface area contributed by atoms with E-state index in [2.05, 4.69) is 37.5 Å². The molecule has 2 heterocycles. The molecule has 0 spiro atoms. The van der Waals surface area contributed by atoms with Gasteiger partial charge in [0.2, 0.25) is 0 Å². The maximum atomic E-state index is 6.03. The largest absolute Gasteiger partial charge is 0.317 e. The maximum Gasteiger partial charge on any atom is 0.0885 e. The molecule has 0 radical (unpaired) electrons. The second kappa shape index (κ2) is 5.51. The molecule has 2 aliphatic heterocycles. The first-order valence-electron chi connectivity index (χ1n) is 6.36. The standard InChI is InChI=1S/C13H22N2O/c1-3-11-7-10-15(13(11)4-2)16-12-5-8-14-9-6-12/h4,7,10-12,14H,3,5-6,8-9H2,1-2H3/b13-4+. The van der Waals surface area contributed by atoms with E-state index < -0.39 is 0 Å². The molecule has 1 saturated heterocycles. The molecule has 3 heteroatoms. The van der Waals surface area contributed by atoms with E-state index in [-0.39, 0.29) is 0 Å². The Hall–Kier alpha value is -0.800. The average molecular weight is 222 g/mol. The highest BCUT2D eigenvalue weighted by Gasteiger charge is 2.24. The van der Waals surface area contributed by atoms with E-state index in [9.17, 15) is 0 Å². The van der Waals surface area contributed by atoms with Gasteiger partial charge in [-0.1, -0.05) is 19.1 Å². The highest BCUT2D eigenvalue weighted by atomic mass is 16.7. The Balaban J connectivity index is 1.92. The molecule has 0 saturated carbocycles. The minimum Gasteiger partial charge on any atom is -0.317 e. The van der Waals surface area contributed by atoms with Crippen LogP contribution in [0.5, 0.6) is 0 Å². The van der Waals surface area contributed by atoms with E-state index in [4.69, 9.17) is 4.84 Å².